The lowest BCUT2D eigenvalue weighted by molar-refractivity contribution is -0.147. The molecule has 0 aromatic rings. The summed E-state index contributed by atoms with van der Waals surface area (Å²) in [5.74, 6) is 0.0453. The van der Waals surface area contributed by atoms with Crippen LogP contribution in [-0.2, 0) is 9.53 Å². The topological polar surface area (TPSA) is 55.6 Å². The number of nitrogens with two attached hydrogens (primary N) is 1. The number of hydrogen-bond donors (Lipinski definition) is 1. The summed E-state index contributed by atoms with van der Waals surface area (Å²) in [6.07, 6.45) is 0.691. The first-order valence-corrected chi connectivity index (χ1v) is 5.14. The van der Waals surface area contributed by atoms with Crippen molar-refractivity contribution in [2.45, 2.75) is 38.8 Å². The van der Waals surface area contributed by atoms with Crippen LogP contribution in [-0.4, -0.2) is 42.1 Å². The van der Waals surface area contributed by atoms with Gasteiger partial charge in [-0.3, -0.25) is 4.79 Å². The molecule has 2 N–H and O–H groups in total. The zero-order valence-corrected chi connectivity index (χ0v) is 9.25. The lowest BCUT2D eigenvalue weighted by Gasteiger charge is -2.39. The number of amides is 1. The number of hydrogen-bond acceptors (Lipinski definition) is 3. The van der Waals surface area contributed by atoms with Gasteiger partial charge in [0.1, 0.15) is 0 Å². The number of carbonyl (C=O) groups is 1. The third-order valence-electron chi connectivity index (χ3n) is 2.49. The lowest BCUT2D eigenvalue weighted by atomic mass is 10.1. The molecule has 1 rings (SSSR count). The average Bonchev–Trinajstić information content (AvgIpc) is 2.14. The van der Waals surface area contributed by atoms with E-state index in [1.165, 1.54) is 0 Å². The smallest absolute Gasteiger partial charge is 0.239 e. The van der Waals surface area contributed by atoms with Gasteiger partial charge in [0, 0.05) is 13.1 Å². The zero-order chi connectivity index (χ0) is 10.8. The van der Waals surface area contributed by atoms with E-state index in [1.807, 2.05) is 20.8 Å². The van der Waals surface area contributed by atoms with Gasteiger partial charge in [-0.25, -0.2) is 0 Å². The fourth-order valence-corrected chi connectivity index (χ4v) is 1.61. The summed E-state index contributed by atoms with van der Waals surface area (Å²) in [6.45, 7) is 7.81. The highest BCUT2D eigenvalue weighted by atomic mass is 16.5. The highest BCUT2D eigenvalue weighted by Gasteiger charge is 2.31. The third-order valence-corrected chi connectivity index (χ3v) is 2.49. The largest absolute Gasteiger partial charge is 0.372 e. The second-order valence-electron chi connectivity index (χ2n) is 4.38. The van der Waals surface area contributed by atoms with Crippen molar-refractivity contribution in [3.63, 3.8) is 0 Å². The Hall–Kier alpha value is -0.610. The molecule has 4 heteroatoms. The minimum atomic E-state index is -0.358. The number of ether oxygens (including phenoxy) is 1. The van der Waals surface area contributed by atoms with Gasteiger partial charge in [-0.1, -0.05) is 6.92 Å². The van der Waals surface area contributed by atoms with Gasteiger partial charge in [-0.2, -0.15) is 0 Å². The van der Waals surface area contributed by atoms with Crippen molar-refractivity contribution >= 4 is 5.91 Å². The molecule has 0 bridgehead atoms. The highest BCUT2D eigenvalue weighted by molar-refractivity contribution is 5.81. The van der Waals surface area contributed by atoms with Gasteiger partial charge in [0.05, 0.1) is 18.2 Å². The molecule has 1 aliphatic heterocycles. The lowest BCUT2D eigenvalue weighted by Crippen LogP contribution is -2.54. The summed E-state index contributed by atoms with van der Waals surface area (Å²) in [4.78, 5) is 13.6. The molecule has 1 atom stereocenters. The van der Waals surface area contributed by atoms with Crippen molar-refractivity contribution in [3.8, 4) is 0 Å². The first-order valence-electron chi connectivity index (χ1n) is 5.14. The maximum Gasteiger partial charge on any atom is 0.239 e. The van der Waals surface area contributed by atoms with Gasteiger partial charge in [0.15, 0.2) is 0 Å². The summed E-state index contributed by atoms with van der Waals surface area (Å²) < 4.78 is 5.52. The Morgan fingerprint density at radius 1 is 1.64 bits per heavy atom. The molecule has 1 amide bonds. The number of carbonyl (C=O) groups excluding carboxylic acids is 1. The Morgan fingerprint density at radius 2 is 2.29 bits per heavy atom. The Balaban J connectivity index is 2.56. The van der Waals surface area contributed by atoms with Crippen LogP contribution in [0.1, 0.15) is 27.2 Å². The van der Waals surface area contributed by atoms with E-state index in [4.69, 9.17) is 10.5 Å². The first kappa shape index (κ1) is 11.5. The zero-order valence-electron chi connectivity index (χ0n) is 9.25. The van der Waals surface area contributed by atoms with Crippen LogP contribution in [0.4, 0.5) is 0 Å². The average molecular weight is 200 g/mol. The van der Waals surface area contributed by atoms with Gasteiger partial charge >= 0.3 is 0 Å². The van der Waals surface area contributed by atoms with Gasteiger partial charge in [-0.15, -0.1) is 0 Å². The van der Waals surface area contributed by atoms with E-state index in [-0.39, 0.29) is 17.6 Å². The van der Waals surface area contributed by atoms with Gasteiger partial charge in [-0.05, 0) is 20.3 Å². The first-order chi connectivity index (χ1) is 6.46. The number of nitrogens with zero attached hydrogens (tertiary/aromatic N) is 1. The Morgan fingerprint density at radius 3 is 2.79 bits per heavy atom. The summed E-state index contributed by atoms with van der Waals surface area (Å²) in [5.41, 5.74) is 5.47. The van der Waals surface area contributed by atoms with Crippen LogP contribution in [0.25, 0.3) is 0 Å². The van der Waals surface area contributed by atoms with Crippen molar-refractivity contribution in [1.29, 1.82) is 0 Å². The van der Waals surface area contributed by atoms with Crippen molar-refractivity contribution in [1.82, 2.24) is 4.90 Å². The van der Waals surface area contributed by atoms with Crippen LogP contribution in [0.3, 0.4) is 0 Å². The van der Waals surface area contributed by atoms with Crippen LogP contribution in [0.2, 0.25) is 0 Å². The van der Waals surface area contributed by atoms with Gasteiger partial charge in [0.2, 0.25) is 5.91 Å². The fraction of sp³-hybridized carbons (Fsp3) is 0.900. The molecule has 0 saturated carbocycles. The second-order valence-corrected chi connectivity index (χ2v) is 4.38. The normalized spacial score (nSPS) is 23.3. The van der Waals surface area contributed by atoms with E-state index >= 15 is 0 Å². The molecule has 1 heterocycles. The molecule has 1 fully saturated rings. The monoisotopic (exact) mass is 200 g/mol. The molecular formula is C10H20N2O2. The van der Waals surface area contributed by atoms with E-state index in [9.17, 15) is 4.79 Å². The van der Waals surface area contributed by atoms with E-state index < -0.39 is 0 Å². The maximum atomic E-state index is 11.8. The molecule has 0 radical (unpaired) electrons. The molecule has 14 heavy (non-hydrogen) atoms. The molecule has 1 unspecified atom stereocenters. The van der Waals surface area contributed by atoms with Crippen molar-refractivity contribution in [2.75, 3.05) is 19.7 Å². The van der Waals surface area contributed by atoms with E-state index in [1.54, 1.807) is 4.90 Å². The molecule has 1 saturated heterocycles. The predicted molar refractivity (Wildman–Crippen MR) is 54.9 cm³/mol. The number of rotatable bonds is 2. The maximum absolute atomic E-state index is 11.8. The van der Waals surface area contributed by atoms with Gasteiger partial charge < -0.3 is 15.4 Å². The second kappa shape index (κ2) is 4.28. The van der Waals surface area contributed by atoms with E-state index in [0.29, 0.717) is 26.1 Å². The van der Waals surface area contributed by atoms with E-state index in [0.717, 1.165) is 0 Å². The summed E-state index contributed by atoms with van der Waals surface area (Å²) in [6, 6.07) is -0.358. The fourth-order valence-electron chi connectivity index (χ4n) is 1.61. The molecular weight excluding hydrogens is 180 g/mol. The number of morpholine rings is 1. The SMILES string of the molecule is CCC(N)C(=O)N1CCOC(C)(C)C1. The third kappa shape index (κ3) is 2.69. The van der Waals surface area contributed by atoms with Crippen LogP contribution >= 0.6 is 0 Å². The molecule has 82 valence electrons. The Kier molecular flexibility index (Phi) is 3.50. The summed E-state index contributed by atoms with van der Waals surface area (Å²) >= 11 is 0. The Labute approximate surface area is 85.4 Å². The summed E-state index contributed by atoms with van der Waals surface area (Å²) in [7, 11) is 0. The van der Waals surface area contributed by atoms with Gasteiger partial charge in [0.25, 0.3) is 0 Å². The predicted octanol–water partition coefficient (Wildman–Crippen LogP) is 0.361. The van der Waals surface area contributed by atoms with Crippen molar-refractivity contribution in [2.24, 2.45) is 5.73 Å². The van der Waals surface area contributed by atoms with Crippen LogP contribution in [0, 0.1) is 0 Å². The molecule has 0 aliphatic carbocycles. The molecule has 0 aromatic carbocycles. The minimum absolute atomic E-state index is 0.0453. The van der Waals surface area contributed by atoms with E-state index in [2.05, 4.69) is 0 Å². The van der Waals surface area contributed by atoms with Crippen molar-refractivity contribution in [3.05, 3.63) is 0 Å². The Bertz CT molecular complexity index is 216. The summed E-state index contributed by atoms with van der Waals surface area (Å²) in [5, 5.41) is 0. The van der Waals surface area contributed by atoms with Crippen LogP contribution in [0.5, 0.6) is 0 Å². The minimum Gasteiger partial charge on any atom is -0.372 e. The van der Waals surface area contributed by atoms with Crippen LogP contribution < -0.4 is 5.73 Å². The quantitative estimate of drug-likeness (QED) is 0.700. The van der Waals surface area contributed by atoms with Crippen molar-refractivity contribution < 1.29 is 9.53 Å². The molecule has 1 aliphatic rings. The molecule has 0 aromatic heterocycles. The highest BCUT2D eigenvalue weighted by Crippen LogP contribution is 2.17. The van der Waals surface area contributed by atoms with Crippen LogP contribution in [0.15, 0.2) is 0 Å². The molecule has 4 nitrogen and oxygen atoms in total. The molecule has 0 spiro atoms. The standard InChI is InChI=1S/C10H20N2O2/c1-4-8(11)9(13)12-5-6-14-10(2,3)7-12/h8H,4-7,11H2,1-3H3.